The van der Waals surface area contributed by atoms with E-state index in [1.54, 1.807) is 23.9 Å². The van der Waals surface area contributed by atoms with E-state index in [-0.39, 0.29) is 5.75 Å². The largest absolute Gasteiger partial charge is 0.417 e. The number of carbonyl (C=O) groups excluding carboxylic acids is 1. The fourth-order valence-corrected chi connectivity index (χ4v) is 2.97. The summed E-state index contributed by atoms with van der Waals surface area (Å²) in [7, 11) is 1.48. The summed E-state index contributed by atoms with van der Waals surface area (Å²) in [4.78, 5) is 13.4. The molecule has 0 saturated carbocycles. The van der Waals surface area contributed by atoms with Gasteiger partial charge in [0.2, 0.25) is 0 Å². The minimum atomic E-state index is -2.84. The number of rotatable bonds is 5. The van der Waals surface area contributed by atoms with Crippen molar-refractivity contribution in [2.24, 2.45) is 7.05 Å². The van der Waals surface area contributed by atoms with Crippen LogP contribution in [0.25, 0.3) is 11.1 Å². The highest BCUT2D eigenvalue weighted by atomic mass is 32.2. The van der Waals surface area contributed by atoms with Crippen molar-refractivity contribution < 1.29 is 18.3 Å². The Morgan fingerprint density at radius 3 is 2.56 bits per heavy atom. The van der Waals surface area contributed by atoms with Gasteiger partial charge in [-0.3, -0.25) is 10.00 Å². The number of hydrogen-bond donors (Lipinski definition) is 1. The second-order valence-corrected chi connectivity index (χ2v) is 6.52. The van der Waals surface area contributed by atoms with Crippen LogP contribution in [0.3, 0.4) is 0 Å². The zero-order valence-corrected chi connectivity index (χ0v) is 15.5. The average molecular weight is 389 g/mol. The third kappa shape index (κ3) is 4.46. The van der Waals surface area contributed by atoms with Gasteiger partial charge in [-0.25, -0.2) is 13.6 Å². The number of halogens is 2. The molecule has 2 aromatic carbocycles. The Morgan fingerprint density at radius 2 is 1.89 bits per heavy atom. The zero-order valence-electron chi connectivity index (χ0n) is 14.6. The number of alkyl halides is 2. The molecule has 0 spiro atoms. The number of anilines is 1. The van der Waals surface area contributed by atoms with E-state index < -0.39 is 18.2 Å². The van der Waals surface area contributed by atoms with Gasteiger partial charge in [-0.2, -0.15) is 5.10 Å². The van der Waals surface area contributed by atoms with Crippen molar-refractivity contribution in [1.82, 2.24) is 9.78 Å². The fraction of sp³-hybridized carbons (Fsp3) is 0.158. The van der Waals surface area contributed by atoms with Crippen molar-refractivity contribution in [2.45, 2.75) is 11.3 Å². The highest BCUT2D eigenvalue weighted by Crippen LogP contribution is 2.31. The van der Waals surface area contributed by atoms with Gasteiger partial charge in [-0.05, 0) is 30.0 Å². The number of aromatic nitrogens is 2. The topological polar surface area (TPSA) is 56.1 Å². The van der Waals surface area contributed by atoms with Crippen LogP contribution >= 0.6 is 11.8 Å². The van der Waals surface area contributed by atoms with Gasteiger partial charge in [0, 0.05) is 17.5 Å². The minimum absolute atomic E-state index is 0.271. The van der Waals surface area contributed by atoms with Gasteiger partial charge < -0.3 is 4.74 Å². The summed E-state index contributed by atoms with van der Waals surface area (Å²) in [6, 6.07) is 15.1. The number of carbonyl (C=O) groups is 1. The molecule has 27 heavy (non-hydrogen) atoms. The summed E-state index contributed by atoms with van der Waals surface area (Å²) < 4.78 is 32.2. The molecule has 0 bridgehead atoms. The fourth-order valence-electron chi connectivity index (χ4n) is 2.56. The lowest BCUT2D eigenvalue weighted by atomic mass is 10.0. The first-order chi connectivity index (χ1) is 13.0. The van der Waals surface area contributed by atoms with Gasteiger partial charge in [0.1, 0.15) is 0 Å². The Morgan fingerprint density at radius 1 is 1.19 bits per heavy atom. The SMILES string of the molecule is CSc1ccc(-c2ccccc2NC(=O)Oc2cn(C)nc2C(F)F)cc1. The number of ether oxygens (including phenoxy) is 1. The zero-order chi connectivity index (χ0) is 19.4. The lowest BCUT2D eigenvalue weighted by Gasteiger charge is -2.12. The van der Waals surface area contributed by atoms with Gasteiger partial charge in [0.15, 0.2) is 11.4 Å². The third-order valence-electron chi connectivity index (χ3n) is 3.80. The first-order valence-electron chi connectivity index (χ1n) is 8.02. The van der Waals surface area contributed by atoms with Crippen LogP contribution in [0, 0.1) is 0 Å². The standard InChI is InChI=1S/C19H17F2N3O2S/c1-24-11-16(17(23-24)18(20)21)26-19(25)22-15-6-4-3-5-14(15)12-7-9-13(27-2)10-8-12/h3-11,18H,1-2H3,(H,22,25). The number of nitrogens with zero attached hydrogens (tertiary/aromatic N) is 2. The smallest absolute Gasteiger partial charge is 0.406 e. The monoisotopic (exact) mass is 389 g/mol. The molecule has 8 heteroatoms. The molecule has 0 unspecified atom stereocenters. The molecule has 0 aliphatic rings. The van der Waals surface area contributed by atoms with Gasteiger partial charge in [-0.1, -0.05) is 30.3 Å². The molecular weight excluding hydrogens is 372 g/mol. The maximum atomic E-state index is 13.0. The van der Waals surface area contributed by atoms with Crippen LogP contribution in [-0.2, 0) is 7.05 Å². The quantitative estimate of drug-likeness (QED) is 0.597. The van der Waals surface area contributed by atoms with Crippen LogP contribution in [0.1, 0.15) is 12.1 Å². The Bertz CT molecular complexity index is 942. The molecule has 0 saturated heterocycles. The van der Waals surface area contributed by atoms with Crippen LogP contribution < -0.4 is 10.1 Å². The molecule has 0 radical (unpaired) electrons. The summed E-state index contributed by atoms with van der Waals surface area (Å²) in [5.74, 6) is -0.271. The molecule has 3 aromatic rings. The van der Waals surface area contributed by atoms with E-state index in [0.29, 0.717) is 5.69 Å². The molecule has 0 aliphatic heterocycles. The molecule has 1 amide bonds. The Kier molecular flexibility index (Phi) is 5.75. The molecule has 0 aliphatic carbocycles. The van der Waals surface area contributed by atoms with Crippen LogP contribution in [-0.4, -0.2) is 22.1 Å². The molecule has 3 rings (SSSR count). The summed E-state index contributed by atoms with van der Waals surface area (Å²) in [6.45, 7) is 0. The van der Waals surface area contributed by atoms with E-state index in [1.165, 1.54) is 17.9 Å². The third-order valence-corrected chi connectivity index (χ3v) is 4.54. The van der Waals surface area contributed by atoms with E-state index >= 15 is 0 Å². The van der Waals surface area contributed by atoms with E-state index in [0.717, 1.165) is 16.0 Å². The normalized spacial score (nSPS) is 10.9. The average Bonchev–Trinajstić information content (AvgIpc) is 3.02. The highest BCUT2D eigenvalue weighted by molar-refractivity contribution is 7.98. The minimum Gasteiger partial charge on any atom is -0.406 e. The second-order valence-electron chi connectivity index (χ2n) is 5.64. The van der Waals surface area contributed by atoms with E-state index in [4.69, 9.17) is 4.74 Å². The van der Waals surface area contributed by atoms with Crippen LogP contribution in [0.2, 0.25) is 0 Å². The van der Waals surface area contributed by atoms with Crippen molar-refractivity contribution in [3.63, 3.8) is 0 Å². The molecule has 0 fully saturated rings. The number of hydrogen-bond acceptors (Lipinski definition) is 4. The number of amides is 1. The molecule has 5 nitrogen and oxygen atoms in total. The maximum absolute atomic E-state index is 13.0. The predicted octanol–water partition coefficient (Wildman–Crippen LogP) is 5.36. The maximum Gasteiger partial charge on any atom is 0.417 e. The van der Waals surface area contributed by atoms with Crippen LogP contribution in [0.4, 0.5) is 19.3 Å². The van der Waals surface area contributed by atoms with Gasteiger partial charge >= 0.3 is 6.09 Å². The van der Waals surface area contributed by atoms with Gasteiger partial charge in [0.25, 0.3) is 6.43 Å². The Hall–Kier alpha value is -2.87. The van der Waals surface area contributed by atoms with Crippen LogP contribution in [0.15, 0.2) is 59.6 Å². The second kappa shape index (κ2) is 8.22. The summed E-state index contributed by atoms with van der Waals surface area (Å²) in [6.07, 6.45) is -0.477. The number of thioether (sulfide) groups is 1. The lowest BCUT2D eigenvalue weighted by Crippen LogP contribution is -2.17. The molecule has 0 atom stereocenters. The first-order valence-corrected chi connectivity index (χ1v) is 9.24. The van der Waals surface area contributed by atoms with Crippen molar-refractivity contribution in [3.8, 4) is 16.9 Å². The Balaban J connectivity index is 1.81. The number of benzene rings is 2. The molecule has 1 N–H and O–H groups in total. The number of aryl methyl sites for hydroxylation is 1. The molecule has 1 aromatic heterocycles. The molecule has 140 valence electrons. The van der Waals surface area contributed by atoms with Crippen molar-refractivity contribution in [1.29, 1.82) is 0 Å². The van der Waals surface area contributed by atoms with Crippen LogP contribution in [0.5, 0.6) is 5.75 Å². The van der Waals surface area contributed by atoms with Crippen molar-refractivity contribution >= 4 is 23.5 Å². The number of para-hydroxylation sites is 1. The van der Waals surface area contributed by atoms with Crippen molar-refractivity contribution in [3.05, 3.63) is 60.4 Å². The summed E-state index contributed by atoms with van der Waals surface area (Å²) in [5, 5.41) is 6.22. The predicted molar refractivity (Wildman–Crippen MR) is 101 cm³/mol. The van der Waals surface area contributed by atoms with Gasteiger partial charge in [0.05, 0.1) is 11.9 Å². The summed E-state index contributed by atoms with van der Waals surface area (Å²) >= 11 is 1.64. The van der Waals surface area contributed by atoms with Gasteiger partial charge in [-0.15, -0.1) is 11.8 Å². The first kappa shape index (κ1) is 18.9. The number of nitrogens with one attached hydrogen (secondary N) is 1. The Labute approximate surface area is 159 Å². The van der Waals surface area contributed by atoms with E-state index in [1.807, 2.05) is 42.7 Å². The van der Waals surface area contributed by atoms with Crippen molar-refractivity contribution in [2.75, 3.05) is 11.6 Å². The lowest BCUT2D eigenvalue weighted by molar-refractivity contribution is 0.141. The van der Waals surface area contributed by atoms with E-state index in [2.05, 4.69) is 10.4 Å². The van der Waals surface area contributed by atoms with E-state index in [9.17, 15) is 13.6 Å². The summed E-state index contributed by atoms with van der Waals surface area (Å²) in [5.41, 5.74) is 1.65. The molecular formula is C19H17F2N3O2S. The highest BCUT2D eigenvalue weighted by Gasteiger charge is 2.21. The molecule has 1 heterocycles.